The van der Waals surface area contributed by atoms with Crippen LogP contribution in [0.4, 0.5) is 4.79 Å². The molecule has 4 rings (SSSR count). The van der Waals surface area contributed by atoms with Gasteiger partial charge >= 0.3 is 6.03 Å². The Hall–Kier alpha value is -3.01. The third-order valence-electron chi connectivity index (χ3n) is 8.38. The largest absolute Gasteiger partial charge is 0.497 e. The van der Waals surface area contributed by atoms with Gasteiger partial charge in [-0.15, -0.1) is 0 Å². The van der Waals surface area contributed by atoms with Crippen molar-refractivity contribution in [2.75, 3.05) is 33.9 Å². The van der Waals surface area contributed by atoms with Crippen molar-refractivity contribution in [2.45, 2.75) is 102 Å². The highest BCUT2D eigenvalue weighted by Crippen LogP contribution is 2.29. The minimum atomic E-state index is -0.657. The second-order valence-corrected chi connectivity index (χ2v) is 12.1. The molecule has 10 heteroatoms. The summed E-state index contributed by atoms with van der Waals surface area (Å²) in [5.74, 6) is 1.22. The van der Waals surface area contributed by atoms with Gasteiger partial charge in [0.25, 0.3) is 0 Å². The van der Waals surface area contributed by atoms with E-state index in [2.05, 4.69) is 24.5 Å². The molecule has 228 valence electrons. The van der Waals surface area contributed by atoms with E-state index in [-0.39, 0.29) is 48.9 Å². The van der Waals surface area contributed by atoms with Gasteiger partial charge in [0.2, 0.25) is 11.8 Å². The van der Waals surface area contributed by atoms with Crippen LogP contribution in [-0.2, 0) is 20.9 Å². The first-order valence-corrected chi connectivity index (χ1v) is 15.2. The highest BCUT2D eigenvalue weighted by molar-refractivity contribution is 5.89. The lowest BCUT2D eigenvalue weighted by atomic mass is 9.93. The number of nitrogens with zero attached hydrogens (tertiary/aromatic N) is 2. The number of urea groups is 1. The third kappa shape index (κ3) is 8.50. The van der Waals surface area contributed by atoms with Gasteiger partial charge in [-0.3, -0.25) is 9.59 Å². The van der Waals surface area contributed by atoms with E-state index in [1.54, 1.807) is 30.1 Å². The van der Waals surface area contributed by atoms with Gasteiger partial charge in [0.05, 0.1) is 26.4 Å². The normalized spacial score (nSPS) is 23.5. The number of methoxy groups -OCH3 is 2. The zero-order valence-electron chi connectivity index (χ0n) is 25.2. The summed E-state index contributed by atoms with van der Waals surface area (Å²) in [6.45, 7) is 5.88. The second kappa shape index (κ2) is 14.8. The molecule has 1 saturated carbocycles. The van der Waals surface area contributed by atoms with Crippen LogP contribution in [-0.4, -0.2) is 85.8 Å². The zero-order valence-corrected chi connectivity index (χ0v) is 25.2. The number of nitrogens with one attached hydrogen (secondary N) is 2. The maximum atomic E-state index is 14.0. The zero-order chi connectivity index (χ0) is 29.4. The Balaban J connectivity index is 1.58. The highest BCUT2D eigenvalue weighted by Gasteiger charge is 2.44. The summed E-state index contributed by atoms with van der Waals surface area (Å²) >= 11 is 0. The fourth-order valence-electron chi connectivity index (χ4n) is 6.28. The Bertz CT molecular complexity index is 1020. The van der Waals surface area contributed by atoms with Crippen LogP contribution in [0, 0.1) is 5.92 Å². The monoisotopic (exact) mass is 572 g/mol. The van der Waals surface area contributed by atoms with Crippen LogP contribution in [0.3, 0.4) is 0 Å². The number of benzene rings is 1. The van der Waals surface area contributed by atoms with E-state index >= 15 is 0 Å². The number of hydrogen-bond donors (Lipinski definition) is 2. The molecule has 3 aliphatic rings. The first-order valence-electron chi connectivity index (χ1n) is 15.2. The molecule has 0 aromatic heterocycles. The molecule has 10 nitrogen and oxygen atoms in total. The third-order valence-corrected chi connectivity index (χ3v) is 8.38. The average Bonchev–Trinajstić information content (AvgIpc) is 3.48. The van der Waals surface area contributed by atoms with Gasteiger partial charge in [-0.25, -0.2) is 4.79 Å². The molecular weight excluding hydrogens is 524 g/mol. The van der Waals surface area contributed by atoms with E-state index in [4.69, 9.17) is 14.2 Å². The van der Waals surface area contributed by atoms with Crippen LogP contribution >= 0.6 is 0 Å². The van der Waals surface area contributed by atoms with Crippen LogP contribution in [0.15, 0.2) is 18.2 Å². The fourth-order valence-corrected chi connectivity index (χ4v) is 6.28. The molecule has 2 N–H and O–H groups in total. The lowest BCUT2D eigenvalue weighted by molar-refractivity contribution is -0.145. The maximum Gasteiger partial charge on any atom is 0.318 e. The molecule has 1 aromatic carbocycles. The van der Waals surface area contributed by atoms with Gasteiger partial charge in [-0.1, -0.05) is 33.1 Å². The number of ether oxygens (including phenoxy) is 3. The number of piperazine rings is 1. The molecule has 2 heterocycles. The molecular formula is C31H48N4O6. The molecule has 0 bridgehead atoms. The van der Waals surface area contributed by atoms with Crippen LogP contribution in [0.1, 0.15) is 77.2 Å². The van der Waals surface area contributed by atoms with Crippen molar-refractivity contribution in [3.8, 4) is 11.5 Å². The molecule has 3 fully saturated rings. The summed E-state index contributed by atoms with van der Waals surface area (Å²) in [5.41, 5.74) is 0.861. The van der Waals surface area contributed by atoms with Gasteiger partial charge in [-0.2, -0.15) is 0 Å². The standard InChI is InChI=1S/C31H48N4O6/c1-21(2)13-28-30(37)34(19-22-14-26(39-3)17-27(15-22)40-4)20-24(16-29(36)32-18-25-11-8-12-41-25)35(28)31(38)33-23-9-6-5-7-10-23/h14-15,17,21,23-25,28H,5-13,16,18-20H2,1-4H3,(H,32,36)(H,33,38)/t24?,25-,28+/m1/s1. The van der Waals surface area contributed by atoms with E-state index in [1.165, 1.54) is 6.42 Å². The van der Waals surface area contributed by atoms with Crippen molar-refractivity contribution in [1.82, 2.24) is 20.4 Å². The summed E-state index contributed by atoms with van der Waals surface area (Å²) in [5, 5.41) is 6.23. The van der Waals surface area contributed by atoms with E-state index < -0.39 is 12.1 Å². The summed E-state index contributed by atoms with van der Waals surface area (Å²) in [7, 11) is 3.19. The number of amides is 4. The SMILES string of the molecule is COc1cc(CN2CC(CC(=O)NC[C@H]3CCCO3)N(C(=O)NC3CCCCC3)[C@@H](CC(C)C)C2=O)cc(OC)c1. The number of carbonyl (C=O) groups is 3. The lowest BCUT2D eigenvalue weighted by Gasteiger charge is -2.47. The van der Waals surface area contributed by atoms with Crippen LogP contribution in [0.2, 0.25) is 0 Å². The Labute approximate surface area is 244 Å². The van der Waals surface area contributed by atoms with Crippen molar-refractivity contribution < 1.29 is 28.6 Å². The molecule has 41 heavy (non-hydrogen) atoms. The smallest absolute Gasteiger partial charge is 0.318 e. The van der Waals surface area contributed by atoms with Crippen LogP contribution < -0.4 is 20.1 Å². The van der Waals surface area contributed by atoms with Crippen molar-refractivity contribution in [3.05, 3.63) is 23.8 Å². The summed E-state index contributed by atoms with van der Waals surface area (Å²) in [4.78, 5) is 44.6. The van der Waals surface area contributed by atoms with E-state index in [9.17, 15) is 14.4 Å². The Morgan fingerprint density at radius 3 is 2.34 bits per heavy atom. The predicted octanol–water partition coefficient (Wildman–Crippen LogP) is 3.86. The Kier molecular flexibility index (Phi) is 11.1. The molecule has 4 amide bonds. The van der Waals surface area contributed by atoms with Gasteiger partial charge < -0.3 is 34.6 Å². The molecule has 2 aliphatic heterocycles. The first-order chi connectivity index (χ1) is 19.8. The van der Waals surface area contributed by atoms with Crippen LogP contribution in [0.25, 0.3) is 0 Å². The minimum Gasteiger partial charge on any atom is -0.497 e. The molecule has 3 atom stereocenters. The van der Waals surface area contributed by atoms with Gasteiger partial charge in [0.1, 0.15) is 17.5 Å². The first kappa shape index (κ1) is 30.9. The quantitative estimate of drug-likeness (QED) is 0.417. The van der Waals surface area contributed by atoms with Crippen molar-refractivity contribution in [3.63, 3.8) is 0 Å². The second-order valence-electron chi connectivity index (χ2n) is 12.1. The van der Waals surface area contributed by atoms with Gasteiger partial charge in [-0.05, 0) is 55.7 Å². The average molecular weight is 573 g/mol. The number of carbonyl (C=O) groups excluding carboxylic acids is 3. The molecule has 1 unspecified atom stereocenters. The summed E-state index contributed by atoms with van der Waals surface area (Å²) < 4.78 is 16.6. The van der Waals surface area contributed by atoms with Gasteiger partial charge in [0.15, 0.2) is 0 Å². The van der Waals surface area contributed by atoms with E-state index in [0.29, 0.717) is 31.0 Å². The van der Waals surface area contributed by atoms with E-state index in [1.807, 2.05) is 12.1 Å². The molecule has 2 saturated heterocycles. The highest BCUT2D eigenvalue weighted by atomic mass is 16.5. The number of hydrogen-bond acceptors (Lipinski definition) is 6. The Morgan fingerprint density at radius 1 is 1.02 bits per heavy atom. The molecule has 1 aliphatic carbocycles. The molecule has 0 radical (unpaired) electrons. The van der Waals surface area contributed by atoms with Gasteiger partial charge in [0, 0.05) is 44.8 Å². The maximum absolute atomic E-state index is 14.0. The molecule has 0 spiro atoms. The Morgan fingerprint density at radius 2 is 1.73 bits per heavy atom. The summed E-state index contributed by atoms with van der Waals surface area (Å²) in [6, 6.07) is 4.31. The predicted molar refractivity (Wildman–Crippen MR) is 156 cm³/mol. The van der Waals surface area contributed by atoms with Crippen molar-refractivity contribution in [2.24, 2.45) is 5.92 Å². The minimum absolute atomic E-state index is 0.0332. The topological polar surface area (TPSA) is 109 Å². The van der Waals surface area contributed by atoms with Crippen molar-refractivity contribution >= 4 is 17.8 Å². The molecule has 1 aromatic rings. The van der Waals surface area contributed by atoms with Crippen LogP contribution in [0.5, 0.6) is 11.5 Å². The lowest BCUT2D eigenvalue weighted by Crippen LogP contribution is -2.66. The van der Waals surface area contributed by atoms with E-state index in [0.717, 1.165) is 50.7 Å². The fraction of sp³-hybridized carbons (Fsp3) is 0.710. The van der Waals surface area contributed by atoms with Crippen molar-refractivity contribution in [1.29, 1.82) is 0 Å². The summed E-state index contributed by atoms with van der Waals surface area (Å²) in [6.07, 6.45) is 7.85. The number of rotatable bonds is 11.